The molecule has 1 aromatic heterocycles. The number of carboxylic acids is 1. The van der Waals surface area contributed by atoms with Crippen LogP contribution in [0.4, 0.5) is 10.8 Å². The summed E-state index contributed by atoms with van der Waals surface area (Å²) in [5.41, 5.74) is 1.73. The second-order valence-corrected chi connectivity index (χ2v) is 8.52. The number of rotatable bonds is 9. The van der Waals surface area contributed by atoms with Crippen LogP contribution in [0.2, 0.25) is 0 Å². The van der Waals surface area contributed by atoms with Gasteiger partial charge < -0.3 is 10.4 Å². The Labute approximate surface area is 176 Å². The molecule has 0 unspecified atom stereocenters. The number of benzene rings is 2. The zero-order valence-corrected chi connectivity index (χ0v) is 17.3. The van der Waals surface area contributed by atoms with Gasteiger partial charge in [0.25, 0.3) is 5.69 Å². The molecule has 1 heterocycles. The number of non-ortho nitro benzene ring substituents is 1. The molecule has 0 fully saturated rings. The van der Waals surface area contributed by atoms with Crippen LogP contribution in [0.15, 0.2) is 57.6 Å². The lowest BCUT2D eigenvalue weighted by Crippen LogP contribution is -1.99. The molecule has 0 amide bonds. The zero-order valence-electron chi connectivity index (χ0n) is 15.6. The van der Waals surface area contributed by atoms with Gasteiger partial charge in [-0.2, -0.15) is 0 Å². The SMILES string of the molecule is CCCCNc1nc(-c2ccc([N+](=O)[O-])cc2)c(Sc2cccc(C(=O)O)c2)s1. The zero-order chi connectivity index (χ0) is 20.8. The summed E-state index contributed by atoms with van der Waals surface area (Å²) >= 11 is 2.91. The molecule has 29 heavy (non-hydrogen) atoms. The lowest BCUT2D eigenvalue weighted by atomic mass is 10.1. The third kappa shape index (κ3) is 5.33. The molecule has 2 N–H and O–H groups in total. The number of aromatic carboxylic acids is 1. The normalized spacial score (nSPS) is 10.7. The quantitative estimate of drug-likeness (QED) is 0.252. The van der Waals surface area contributed by atoms with Crippen molar-refractivity contribution in [3.8, 4) is 11.3 Å². The van der Waals surface area contributed by atoms with Crippen LogP contribution in [0.3, 0.4) is 0 Å². The van der Waals surface area contributed by atoms with E-state index >= 15 is 0 Å². The number of aromatic nitrogens is 1. The Kier molecular flexibility index (Phi) is 6.84. The van der Waals surface area contributed by atoms with Gasteiger partial charge in [0.2, 0.25) is 0 Å². The molecule has 3 aromatic rings. The topological polar surface area (TPSA) is 105 Å². The lowest BCUT2D eigenvalue weighted by molar-refractivity contribution is -0.384. The summed E-state index contributed by atoms with van der Waals surface area (Å²) in [5, 5.41) is 24.2. The van der Waals surface area contributed by atoms with Crippen molar-refractivity contribution in [1.29, 1.82) is 0 Å². The minimum absolute atomic E-state index is 0.0219. The van der Waals surface area contributed by atoms with Crippen LogP contribution >= 0.6 is 23.1 Å². The van der Waals surface area contributed by atoms with Crippen molar-refractivity contribution in [2.24, 2.45) is 0 Å². The van der Waals surface area contributed by atoms with Gasteiger partial charge in [0.05, 0.1) is 20.4 Å². The molecule has 0 aliphatic heterocycles. The molecule has 9 heteroatoms. The number of nitro benzene ring substituents is 1. The van der Waals surface area contributed by atoms with E-state index in [9.17, 15) is 20.0 Å². The summed E-state index contributed by atoms with van der Waals surface area (Å²) in [4.78, 5) is 27.2. The molecular weight excluding hydrogens is 410 g/mol. The highest BCUT2D eigenvalue weighted by molar-refractivity contribution is 8.01. The van der Waals surface area contributed by atoms with Gasteiger partial charge in [-0.3, -0.25) is 10.1 Å². The maximum Gasteiger partial charge on any atom is 0.335 e. The molecule has 150 valence electrons. The fourth-order valence-corrected chi connectivity index (χ4v) is 4.79. The van der Waals surface area contributed by atoms with Gasteiger partial charge in [-0.1, -0.05) is 42.5 Å². The molecule has 0 saturated heterocycles. The summed E-state index contributed by atoms with van der Waals surface area (Å²) in [6.45, 7) is 2.92. The van der Waals surface area contributed by atoms with Crippen molar-refractivity contribution in [3.05, 3.63) is 64.2 Å². The first-order valence-electron chi connectivity index (χ1n) is 8.98. The highest BCUT2D eigenvalue weighted by Crippen LogP contribution is 2.42. The predicted octanol–water partition coefficient (Wildman–Crippen LogP) is 5.78. The lowest BCUT2D eigenvalue weighted by Gasteiger charge is -2.04. The maximum atomic E-state index is 11.2. The summed E-state index contributed by atoms with van der Waals surface area (Å²) in [5.74, 6) is -0.978. The van der Waals surface area contributed by atoms with Crippen molar-refractivity contribution in [2.45, 2.75) is 28.9 Å². The van der Waals surface area contributed by atoms with Crippen LogP contribution in [0.5, 0.6) is 0 Å². The largest absolute Gasteiger partial charge is 0.478 e. The fraction of sp³-hybridized carbons (Fsp3) is 0.200. The van der Waals surface area contributed by atoms with Gasteiger partial charge in [-0.05, 0) is 36.8 Å². The van der Waals surface area contributed by atoms with E-state index in [2.05, 4.69) is 17.2 Å². The number of anilines is 1. The average molecular weight is 430 g/mol. The smallest absolute Gasteiger partial charge is 0.335 e. The number of nitro groups is 1. The van der Waals surface area contributed by atoms with E-state index in [1.54, 1.807) is 30.3 Å². The van der Waals surface area contributed by atoms with Gasteiger partial charge in [-0.25, -0.2) is 9.78 Å². The molecule has 0 atom stereocenters. The molecule has 0 spiro atoms. The second-order valence-electron chi connectivity index (χ2n) is 6.17. The van der Waals surface area contributed by atoms with Crippen molar-refractivity contribution < 1.29 is 14.8 Å². The molecule has 0 radical (unpaired) electrons. The van der Waals surface area contributed by atoms with Crippen LogP contribution in [0.25, 0.3) is 11.3 Å². The number of carbonyl (C=O) groups is 1. The molecule has 0 aliphatic rings. The Morgan fingerprint density at radius 3 is 2.69 bits per heavy atom. The Hall–Kier alpha value is -2.91. The second kappa shape index (κ2) is 9.53. The Balaban J connectivity index is 1.94. The Morgan fingerprint density at radius 2 is 2.03 bits per heavy atom. The van der Waals surface area contributed by atoms with Gasteiger partial charge in [0.15, 0.2) is 5.13 Å². The number of unbranched alkanes of at least 4 members (excludes halogenated alkanes) is 1. The Morgan fingerprint density at radius 1 is 1.28 bits per heavy atom. The van der Waals surface area contributed by atoms with E-state index < -0.39 is 10.9 Å². The monoisotopic (exact) mass is 429 g/mol. The first kappa shape index (κ1) is 20.8. The van der Waals surface area contributed by atoms with E-state index in [0.717, 1.165) is 44.9 Å². The van der Waals surface area contributed by atoms with Crippen molar-refractivity contribution >= 4 is 39.9 Å². The van der Waals surface area contributed by atoms with Gasteiger partial charge >= 0.3 is 5.97 Å². The van der Waals surface area contributed by atoms with E-state index in [4.69, 9.17) is 0 Å². The summed E-state index contributed by atoms with van der Waals surface area (Å²) < 4.78 is 0.889. The van der Waals surface area contributed by atoms with Gasteiger partial charge in [-0.15, -0.1) is 0 Å². The highest BCUT2D eigenvalue weighted by atomic mass is 32.2. The molecule has 3 rings (SSSR count). The van der Waals surface area contributed by atoms with Crippen molar-refractivity contribution in [3.63, 3.8) is 0 Å². The Bertz CT molecular complexity index is 1020. The van der Waals surface area contributed by atoms with Crippen molar-refractivity contribution in [1.82, 2.24) is 4.98 Å². The number of carboxylic acid groups (broad SMARTS) is 1. The maximum absolute atomic E-state index is 11.2. The van der Waals surface area contributed by atoms with E-state index in [0.29, 0.717) is 0 Å². The van der Waals surface area contributed by atoms with Gasteiger partial charge in [0.1, 0.15) is 0 Å². The highest BCUT2D eigenvalue weighted by Gasteiger charge is 2.16. The minimum Gasteiger partial charge on any atom is -0.478 e. The molecule has 7 nitrogen and oxygen atoms in total. The predicted molar refractivity (Wildman–Crippen MR) is 115 cm³/mol. The molecule has 0 bridgehead atoms. The van der Waals surface area contributed by atoms with Crippen LogP contribution < -0.4 is 5.32 Å². The summed E-state index contributed by atoms with van der Waals surface area (Å²) in [6.07, 6.45) is 2.09. The molecule has 2 aromatic carbocycles. The van der Waals surface area contributed by atoms with Crippen LogP contribution in [-0.4, -0.2) is 27.5 Å². The van der Waals surface area contributed by atoms with E-state index in [1.165, 1.54) is 35.2 Å². The molecule has 0 saturated carbocycles. The number of nitrogens with zero attached hydrogens (tertiary/aromatic N) is 2. The number of thiazole rings is 1. The number of hydrogen-bond acceptors (Lipinski definition) is 7. The third-order valence-corrected chi connectivity index (χ3v) is 6.22. The minimum atomic E-state index is -0.978. The number of hydrogen-bond donors (Lipinski definition) is 2. The summed E-state index contributed by atoms with van der Waals surface area (Å²) in [6, 6.07) is 13.0. The van der Waals surface area contributed by atoms with Crippen LogP contribution in [0.1, 0.15) is 30.1 Å². The third-order valence-electron chi connectivity index (χ3n) is 4.05. The fourth-order valence-electron chi connectivity index (χ4n) is 2.55. The van der Waals surface area contributed by atoms with Crippen LogP contribution in [-0.2, 0) is 0 Å². The van der Waals surface area contributed by atoms with E-state index in [-0.39, 0.29) is 11.3 Å². The average Bonchev–Trinajstić information content (AvgIpc) is 3.11. The van der Waals surface area contributed by atoms with Gasteiger partial charge in [0, 0.05) is 29.1 Å². The standard InChI is InChI=1S/C20H19N3O4S2/c1-2-3-11-21-20-22-17(13-7-9-15(10-8-13)23(26)27)19(29-20)28-16-6-4-5-14(12-16)18(24)25/h4-10,12H,2-3,11H2,1H3,(H,21,22)(H,24,25). The molecular formula is C20H19N3O4S2. The number of nitrogens with one attached hydrogen (secondary N) is 1. The van der Waals surface area contributed by atoms with Crippen LogP contribution in [0, 0.1) is 10.1 Å². The first-order chi connectivity index (χ1) is 14.0. The van der Waals surface area contributed by atoms with Crippen molar-refractivity contribution in [2.75, 3.05) is 11.9 Å². The molecule has 0 aliphatic carbocycles. The van der Waals surface area contributed by atoms with E-state index in [1.807, 2.05) is 6.07 Å². The summed E-state index contributed by atoms with van der Waals surface area (Å²) in [7, 11) is 0. The first-order valence-corrected chi connectivity index (χ1v) is 10.6.